The van der Waals surface area contributed by atoms with Crippen LogP contribution in [0.5, 0.6) is 0 Å². The SMILES string of the molecule is Cc1cnccc1-c1cc2c(cc1C#N)N(C(C)C)CCC2. The van der Waals surface area contributed by atoms with Crippen molar-refractivity contribution in [1.29, 1.82) is 5.26 Å². The lowest BCUT2D eigenvalue weighted by atomic mass is 9.91. The Hall–Kier alpha value is -2.34. The van der Waals surface area contributed by atoms with E-state index in [4.69, 9.17) is 0 Å². The highest BCUT2D eigenvalue weighted by atomic mass is 15.2. The van der Waals surface area contributed by atoms with E-state index in [0.717, 1.165) is 35.2 Å². The number of nitrogens with zero attached hydrogens (tertiary/aromatic N) is 3. The first kappa shape index (κ1) is 14.6. The average Bonchev–Trinajstić information content (AvgIpc) is 2.53. The van der Waals surface area contributed by atoms with Crippen molar-refractivity contribution in [3.63, 3.8) is 0 Å². The summed E-state index contributed by atoms with van der Waals surface area (Å²) in [5, 5.41) is 9.61. The van der Waals surface area contributed by atoms with Crippen molar-refractivity contribution in [2.45, 2.75) is 39.7 Å². The fourth-order valence-electron chi connectivity index (χ4n) is 3.29. The molecule has 2 aromatic rings. The Morgan fingerprint density at radius 2 is 2.09 bits per heavy atom. The first-order valence-electron chi connectivity index (χ1n) is 7.86. The molecule has 22 heavy (non-hydrogen) atoms. The van der Waals surface area contributed by atoms with Crippen molar-refractivity contribution >= 4 is 5.69 Å². The number of anilines is 1. The molecule has 0 bridgehead atoms. The number of pyridine rings is 1. The molecule has 1 aromatic carbocycles. The van der Waals surface area contributed by atoms with Gasteiger partial charge in [-0.2, -0.15) is 5.26 Å². The maximum atomic E-state index is 9.61. The third-order valence-electron chi connectivity index (χ3n) is 4.43. The van der Waals surface area contributed by atoms with Gasteiger partial charge >= 0.3 is 0 Å². The first-order chi connectivity index (χ1) is 10.6. The molecule has 0 N–H and O–H groups in total. The maximum Gasteiger partial charge on any atom is 0.0998 e. The van der Waals surface area contributed by atoms with Crippen molar-refractivity contribution in [2.24, 2.45) is 0 Å². The van der Waals surface area contributed by atoms with E-state index in [1.54, 1.807) is 6.20 Å². The second-order valence-corrected chi connectivity index (χ2v) is 6.22. The largest absolute Gasteiger partial charge is 0.369 e. The molecule has 0 radical (unpaired) electrons. The number of hydrogen-bond donors (Lipinski definition) is 0. The van der Waals surface area contributed by atoms with Gasteiger partial charge in [0.05, 0.1) is 11.6 Å². The normalized spacial score (nSPS) is 13.9. The molecule has 1 aromatic heterocycles. The Labute approximate surface area is 132 Å². The Bertz CT molecular complexity index is 741. The third kappa shape index (κ3) is 2.46. The number of aryl methyl sites for hydroxylation is 2. The molecular weight excluding hydrogens is 270 g/mol. The van der Waals surface area contributed by atoms with E-state index in [-0.39, 0.29) is 0 Å². The van der Waals surface area contributed by atoms with Gasteiger partial charge in [0.2, 0.25) is 0 Å². The molecule has 0 fully saturated rings. The molecule has 112 valence electrons. The summed E-state index contributed by atoms with van der Waals surface area (Å²) in [5.74, 6) is 0. The second kappa shape index (κ2) is 5.81. The van der Waals surface area contributed by atoms with Gasteiger partial charge in [-0.1, -0.05) is 0 Å². The van der Waals surface area contributed by atoms with Crippen LogP contribution in [0.4, 0.5) is 5.69 Å². The van der Waals surface area contributed by atoms with E-state index in [0.29, 0.717) is 6.04 Å². The average molecular weight is 291 g/mol. The molecule has 3 heteroatoms. The van der Waals surface area contributed by atoms with Crippen LogP contribution in [0.1, 0.15) is 37.0 Å². The smallest absolute Gasteiger partial charge is 0.0998 e. The van der Waals surface area contributed by atoms with E-state index in [1.165, 1.54) is 17.7 Å². The molecule has 0 spiro atoms. The predicted molar refractivity (Wildman–Crippen MR) is 89.9 cm³/mol. The summed E-state index contributed by atoms with van der Waals surface area (Å²) in [6.45, 7) is 7.54. The van der Waals surface area contributed by atoms with Crippen LogP contribution in [0.2, 0.25) is 0 Å². The van der Waals surface area contributed by atoms with Crippen LogP contribution < -0.4 is 4.90 Å². The minimum Gasteiger partial charge on any atom is -0.369 e. The van der Waals surface area contributed by atoms with Crippen molar-refractivity contribution in [2.75, 3.05) is 11.4 Å². The Morgan fingerprint density at radius 3 is 2.77 bits per heavy atom. The van der Waals surface area contributed by atoms with Gasteiger partial charge in [-0.15, -0.1) is 0 Å². The molecule has 3 nitrogen and oxygen atoms in total. The molecule has 0 aliphatic carbocycles. The van der Waals surface area contributed by atoms with Crippen LogP contribution in [0.15, 0.2) is 30.6 Å². The fraction of sp³-hybridized carbons (Fsp3) is 0.368. The summed E-state index contributed by atoms with van der Waals surface area (Å²) >= 11 is 0. The lowest BCUT2D eigenvalue weighted by molar-refractivity contribution is 0.625. The van der Waals surface area contributed by atoms with E-state index >= 15 is 0 Å². The third-order valence-corrected chi connectivity index (χ3v) is 4.43. The summed E-state index contributed by atoms with van der Waals surface area (Å²) < 4.78 is 0. The Balaban J connectivity index is 2.19. The molecule has 2 heterocycles. The monoisotopic (exact) mass is 291 g/mol. The van der Waals surface area contributed by atoms with E-state index < -0.39 is 0 Å². The van der Waals surface area contributed by atoms with E-state index in [1.807, 2.05) is 19.2 Å². The molecule has 0 unspecified atom stereocenters. The lowest BCUT2D eigenvalue weighted by Crippen LogP contribution is -2.35. The van der Waals surface area contributed by atoms with Crippen LogP contribution in [-0.4, -0.2) is 17.6 Å². The number of aromatic nitrogens is 1. The summed E-state index contributed by atoms with van der Waals surface area (Å²) in [6.07, 6.45) is 5.91. The standard InChI is InChI=1S/C19H21N3/c1-13(2)22-8-4-5-15-9-18(16(11-20)10-19(15)22)17-6-7-21-12-14(17)3/h6-7,9-10,12-13H,4-5,8H2,1-3H3. The highest BCUT2D eigenvalue weighted by Crippen LogP contribution is 2.36. The molecule has 0 atom stereocenters. The van der Waals surface area contributed by atoms with Crippen molar-refractivity contribution < 1.29 is 0 Å². The van der Waals surface area contributed by atoms with Gasteiger partial charge in [0.1, 0.15) is 0 Å². The number of rotatable bonds is 2. The van der Waals surface area contributed by atoms with Gasteiger partial charge in [0, 0.05) is 36.2 Å². The lowest BCUT2D eigenvalue weighted by Gasteiger charge is -2.35. The zero-order valence-corrected chi connectivity index (χ0v) is 13.4. The van der Waals surface area contributed by atoms with Gasteiger partial charge in [-0.3, -0.25) is 4.98 Å². The number of nitriles is 1. The topological polar surface area (TPSA) is 39.9 Å². The molecule has 1 aliphatic heterocycles. The highest BCUT2D eigenvalue weighted by Gasteiger charge is 2.22. The van der Waals surface area contributed by atoms with Crippen LogP contribution in [0.25, 0.3) is 11.1 Å². The zero-order valence-electron chi connectivity index (χ0n) is 13.4. The molecule has 0 saturated heterocycles. The summed E-state index contributed by atoms with van der Waals surface area (Å²) in [4.78, 5) is 6.56. The summed E-state index contributed by atoms with van der Waals surface area (Å²) in [6, 6.07) is 9.13. The highest BCUT2D eigenvalue weighted by molar-refractivity contribution is 5.77. The first-order valence-corrected chi connectivity index (χ1v) is 7.86. The van der Waals surface area contributed by atoms with Crippen LogP contribution in [0.3, 0.4) is 0 Å². The Morgan fingerprint density at radius 1 is 1.27 bits per heavy atom. The van der Waals surface area contributed by atoms with E-state index in [2.05, 4.69) is 41.9 Å². The van der Waals surface area contributed by atoms with Gasteiger partial charge in [-0.25, -0.2) is 0 Å². The molecule has 0 amide bonds. The second-order valence-electron chi connectivity index (χ2n) is 6.22. The minimum absolute atomic E-state index is 0.458. The zero-order chi connectivity index (χ0) is 15.7. The van der Waals surface area contributed by atoms with Crippen LogP contribution in [0, 0.1) is 18.3 Å². The van der Waals surface area contributed by atoms with E-state index in [9.17, 15) is 5.26 Å². The number of fused-ring (bicyclic) bond motifs is 1. The van der Waals surface area contributed by atoms with Crippen LogP contribution in [-0.2, 0) is 6.42 Å². The van der Waals surface area contributed by atoms with Crippen molar-refractivity contribution in [3.05, 3.63) is 47.3 Å². The van der Waals surface area contributed by atoms with Gasteiger partial charge in [0.15, 0.2) is 0 Å². The molecule has 1 aliphatic rings. The minimum atomic E-state index is 0.458. The molecular formula is C19H21N3. The van der Waals surface area contributed by atoms with Crippen molar-refractivity contribution in [1.82, 2.24) is 4.98 Å². The molecule has 3 rings (SSSR count). The van der Waals surface area contributed by atoms with Gasteiger partial charge < -0.3 is 4.90 Å². The molecule has 0 saturated carbocycles. The van der Waals surface area contributed by atoms with Crippen LogP contribution >= 0.6 is 0 Å². The maximum absolute atomic E-state index is 9.61. The fourth-order valence-corrected chi connectivity index (χ4v) is 3.29. The Kier molecular flexibility index (Phi) is 3.85. The number of hydrogen-bond acceptors (Lipinski definition) is 3. The van der Waals surface area contributed by atoms with Crippen molar-refractivity contribution in [3.8, 4) is 17.2 Å². The summed E-state index contributed by atoms with van der Waals surface area (Å²) in [5.41, 5.74) is 6.58. The van der Waals surface area contributed by atoms with Gasteiger partial charge in [-0.05, 0) is 68.5 Å². The quantitative estimate of drug-likeness (QED) is 0.836. The van der Waals surface area contributed by atoms with Gasteiger partial charge in [0.25, 0.3) is 0 Å². The summed E-state index contributed by atoms with van der Waals surface area (Å²) in [7, 11) is 0. The predicted octanol–water partition coefficient (Wildman–Crippen LogP) is 4.09. The number of benzene rings is 1.